The SMILES string of the molecule is COc1cc(N2CCC(N3CCN(C)CC3)CC2)c(C)cc1Nc1nc(Nc2ccc3nccnc3c2P(C)(C)=O)c(Cl)n2ncnc12. The molecule has 2 aromatic carbocycles. The molecule has 2 N–H and O–H groups in total. The van der Waals surface area contributed by atoms with E-state index in [1.165, 1.54) is 16.5 Å². The summed E-state index contributed by atoms with van der Waals surface area (Å²) in [7, 11) is 1.07. The Hall–Kier alpha value is -4.03. The maximum atomic E-state index is 13.5. The van der Waals surface area contributed by atoms with E-state index < -0.39 is 7.14 Å². The fourth-order valence-electron chi connectivity index (χ4n) is 6.88. The maximum Gasteiger partial charge on any atom is 0.200 e. The van der Waals surface area contributed by atoms with Crippen LogP contribution in [0.25, 0.3) is 16.7 Å². The molecule has 3 aromatic heterocycles. The first-order chi connectivity index (χ1) is 23.1. The number of benzene rings is 2. The van der Waals surface area contributed by atoms with E-state index in [9.17, 15) is 4.57 Å². The number of nitrogens with zero attached hydrogens (tertiary/aromatic N) is 9. The molecule has 0 spiro atoms. The molecule has 15 heteroatoms. The lowest BCUT2D eigenvalue weighted by atomic mass is 10.0. The molecule has 0 bridgehead atoms. The molecule has 5 aromatic rings. The summed E-state index contributed by atoms with van der Waals surface area (Å²) >= 11 is 6.82. The summed E-state index contributed by atoms with van der Waals surface area (Å²) in [5.74, 6) is 1.43. The predicted octanol–water partition coefficient (Wildman–Crippen LogP) is 4.99. The highest BCUT2D eigenvalue weighted by Gasteiger charge is 2.28. The number of piperidine rings is 1. The first-order valence-electron chi connectivity index (χ1n) is 16.2. The van der Waals surface area contributed by atoms with Crippen LogP contribution in [0, 0.1) is 6.92 Å². The normalized spacial score (nSPS) is 16.9. The van der Waals surface area contributed by atoms with Gasteiger partial charge in [-0.05, 0) is 63.9 Å². The second-order valence-corrected chi connectivity index (χ2v) is 16.5. The zero-order valence-electron chi connectivity index (χ0n) is 27.9. The molecule has 48 heavy (non-hydrogen) atoms. The molecule has 0 atom stereocenters. The molecule has 2 saturated heterocycles. The number of piperazine rings is 1. The van der Waals surface area contributed by atoms with Crippen LogP contribution >= 0.6 is 18.7 Å². The lowest BCUT2D eigenvalue weighted by Gasteiger charge is -2.43. The monoisotopic (exact) mass is 689 g/mol. The first kappa shape index (κ1) is 32.5. The largest absolute Gasteiger partial charge is 0.494 e. The minimum atomic E-state index is -2.81. The Morgan fingerprint density at radius 3 is 2.40 bits per heavy atom. The minimum Gasteiger partial charge on any atom is -0.494 e. The van der Waals surface area contributed by atoms with E-state index in [0.29, 0.717) is 51.1 Å². The lowest BCUT2D eigenvalue weighted by molar-refractivity contribution is 0.0982. The van der Waals surface area contributed by atoms with Gasteiger partial charge in [0.25, 0.3) is 0 Å². The van der Waals surface area contributed by atoms with Gasteiger partial charge in [-0.1, -0.05) is 11.6 Å². The van der Waals surface area contributed by atoms with Gasteiger partial charge in [-0.3, -0.25) is 14.9 Å². The van der Waals surface area contributed by atoms with Crippen LogP contribution in [-0.2, 0) is 4.57 Å². The molecule has 252 valence electrons. The number of likely N-dealkylation sites (N-methyl/N-ethyl adjacent to an activating group) is 1. The van der Waals surface area contributed by atoms with Crippen LogP contribution < -0.4 is 25.6 Å². The van der Waals surface area contributed by atoms with Crippen molar-refractivity contribution >= 4 is 69.4 Å². The van der Waals surface area contributed by atoms with Crippen molar-refractivity contribution in [2.75, 3.05) is 82.3 Å². The second-order valence-electron chi connectivity index (χ2n) is 13.0. The van der Waals surface area contributed by atoms with Gasteiger partial charge in [0.15, 0.2) is 22.4 Å². The van der Waals surface area contributed by atoms with Crippen molar-refractivity contribution in [3.05, 3.63) is 53.7 Å². The summed E-state index contributed by atoms with van der Waals surface area (Å²) in [4.78, 5) is 25.7. The Labute approximate surface area is 285 Å². The van der Waals surface area contributed by atoms with Crippen LogP contribution in [0.5, 0.6) is 5.75 Å². The molecule has 7 rings (SSSR count). The van der Waals surface area contributed by atoms with Gasteiger partial charge in [-0.25, -0.2) is 9.97 Å². The van der Waals surface area contributed by atoms with E-state index in [4.69, 9.17) is 21.3 Å². The molecular formula is C33H41ClN11O2P. The standard InChI is InChI=1S/C33H41ClN11O2P/c1-21-18-25(27(47-3)19-26(21)44-12-8-22(9-13-44)43-16-14-42(2)15-17-43)40-32-33-37-20-38-45(33)30(34)31(41-32)39-24-7-6-23-28(36-11-10-35-23)29(24)48(4,5)46/h6-7,10-11,18-20,22,39H,8-9,12-17H2,1-5H3,(H,40,41). The number of ether oxygens (including phenoxy) is 1. The van der Waals surface area contributed by atoms with Crippen LogP contribution in [-0.4, -0.2) is 112 Å². The van der Waals surface area contributed by atoms with Crippen molar-refractivity contribution in [2.24, 2.45) is 0 Å². The highest BCUT2D eigenvalue weighted by atomic mass is 35.5. The molecule has 0 aliphatic carbocycles. The van der Waals surface area contributed by atoms with Gasteiger partial charge in [-0.15, -0.1) is 0 Å². The van der Waals surface area contributed by atoms with Crippen LogP contribution in [0.3, 0.4) is 0 Å². The number of aryl methyl sites for hydroxylation is 1. The number of hydrogen-bond acceptors (Lipinski definition) is 12. The van der Waals surface area contributed by atoms with E-state index in [1.807, 2.05) is 12.1 Å². The van der Waals surface area contributed by atoms with Crippen molar-refractivity contribution in [3.8, 4) is 5.75 Å². The highest BCUT2D eigenvalue weighted by molar-refractivity contribution is 7.71. The molecule has 0 unspecified atom stereocenters. The number of halogens is 1. The number of nitrogens with one attached hydrogen (secondary N) is 2. The van der Waals surface area contributed by atoms with E-state index in [0.717, 1.165) is 63.4 Å². The van der Waals surface area contributed by atoms with Crippen LogP contribution in [0.1, 0.15) is 18.4 Å². The van der Waals surface area contributed by atoms with E-state index in [2.05, 4.69) is 71.5 Å². The molecule has 0 radical (unpaired) electrons. The number of aromatic nitrogens is 6. The highest BCUT2D eigenvalue weighted by Crippen LogP contribution is 2.42. The Morgan fingerprint density at radius 2 is 1.67 bits per heavy atom. The number of methoxy groups -OCH3 is 1. The van der Waals surface area contributed by atoms with Gasteiger partial charge in [0.2, 0.25) is 0 Å². The third-order valence-corrected chi connectivity index (χ3v) is 11.3. The smallest absolute Gasteiger partial charge is 0.200 e. The van der Waals surface area contributed by atoms with Crippen molar-refractivity contribution in [2.45, 2.75) is 25.8 Å². The fraction of sp³-hybridized carbons (Fsp3) is 0.424. The van der Waals surface area contributed by atoms with Gasteiger partial charge < -0.3 is 29.7 Å². The Kier molecular flexibility index (Phi) is 8.88. The summed E-state index contributed by atoms with van der Waals surface area (Å²) in [5.41, 5.74) is 5.28. The van der Waals surface area contributed by atoms with Gasteiger partial charge in [0, 0.05) is 69.5 Å². The summed E-state index contributed by atoms with van der Waals surface area (Å²) in [6.45, 7) is 12.1. The Morgan fingerprint density at radius 1 is 0.938 bits per heavy atom. The third-order valence-electron chi connectivity index (χ3n) is 9.40. The zero-order valence-corrected chi connectivity index (χ0v) is 29.6. The summed E-state index contributed by atoms with van der Waals surface area (Å²) in [6, 6.07) is 8.48. The van der Waals surface area contributed by atoms with E-state index in [-0.39, 0.29) is 5.15 Å². The molecule has 2 fully saturated rings. The number of anilines is 5. The molecule has 13 nitrogen and oxygen atoms in total. The van der Waals surface area contributed by atoms with Crippen molar-refractivity contribution in [1.29, 1.82) is 0 Å². The molecule has 2 aliphatic rings. The Bertz CT molecular complexity index is 2020. The van der Waals surface area contributed by atoms with Gasteiger partial charge >= 0.3 is 0 Å². The van der Waals surface area contributed by atoms with Crippen molar-refractivity contribution in [1.82, 2.24) is 39.3 Å². The van der Waals surface area contributed by atoms with Gasteiger partial charge in [0.05, 0.1) is 29.3 Å². The van der Waals surface area contributed by atoms with Crippen LogP contribution in [0.4, 0.5) is 28.7 Å². The molecule has 0 amide bonds. The second kappa shape index (κ2) is 13.1. The average molecular weight is 690 g/mol. The maximum absolute atomic E-state index is 13.5. The average Bonchev–Trinajstić information content (AvgIpc) is 3.58. The van der Waals surface area contributed by atoms with Crippen LogP contribution in [0.15, 0.2) is 43.0 Å². The van der Waals surface area contributed by atoms with Crippen molar-refractivity contribution in [3.63, 3.8) is 0 Å². The summed E-state index contributed by atoms with van der Waals surface area (Å²) in [6.07, 6.45) is 6.94. The van der Waals surface area contributed by atoms with Gasteiger partial charge in [0.1, 0.15) is 24.7 Å². The Balaban J connectivity index is 1.17. The quantitative estimate of drug-likeness (QED) is 0.213. The fourth-order valence-corrected chi connectivity index (χ4v) is 8.49. The summed E-state index contributed by atoms with van der Waals surface area (Å²) < 4.78 is 20.9. The molecule has 2 aliphatic heterocycles. The van der Waals surface area contributed by atoms with E-state index >= 15 is 0 Å². The van der Waals surface area contributed by atoms with Crippen LogP contribution in [0.2, 0.25) is 5.15 Å². The molecule has 5 heterocycles. The number of rotatable bonds is 8. The minimum absolute atomic E-state index is 0.221. The first-order valence-corrected chi connectivity index (χ1v) is 19.2. The summed E-state index contributed by atoms with van der Waals surface area (Å²) in [5, 5.41) is 11.9. The topological polar surface area (TPSA) is 129 Å². The molecule has 0 saturated carbocycles. The lowest BCUT2D eigenvalue weighted by Crippen LogP contribution is -2.52. The predicted molar refractivity (Wildman–Crippen MR) is 193 cm³/mol. The third kappa shape index (κ3) is 6.27. The number of hydrogen-bond donors (Lipinski definition) is 2. The van der Waals surface area contributed by atoms with Crippen molar-refractivity contribution < 1.29 is 9.30 Å². The van der Waals surface area contributed by atoms with Gasteiger partial charge in [-0.2, -0.15) is 9.61 Å². The van der Waals surface area contributed by atoms with E-state index in [1.54, 1.807) is 32.8 Å². The zero-order chi connectivity index (χ0) is 33.6. The molecular weight excluding hydrogens is 649 g/mol. The number of fused-ring (bicyclic) bond motifs is 2.